The van der Waals surface area contributed by atoms with Crippen LogP contribution in [0.5, 0.6) is 0 Å². The number of thiophene rings is 1. The van der Waals surface area contributed by atoms with E-state index in [4.69, 9.17) is 0 Å². The highest BCUT2D eigenvalue weighted by Crippen LogP contribution is 2.36. The van der Waals surface area contributed by atoms with Crippen molar-refractivity contribution in [1.82, 2.24) is 0 Å². The number of anilines is 2. The fraction of sp³-hybridized carbons (Fsp3) is 0.188. The molecule has 0 saturated carbocycles. The summed E-state index contributed by atoms with van der Waals surface area (Å²) in [6.07, 6.45) is 0.0172. The molecule has 2 amide bonds. The van der Waals surface area contributed by atoms with Crippen molar-refractivity contribution in [3.8, 4) is 0 Å². The quantitative estimate of drug-likeness (QED) is 0.817. The summed E-state index contributed by atoms with van der Waals surface area (Å²) >= 11 is 2.59. The Kier molecular flexibility index (Phi) is 4.86. The summed E-state index contributed by atoms with van der Waals surface area (Å²) in [6.45, 7) is 0. The van der Waals surface area contributed by atoms with Crippen molar-refractivity contribution in [2.75, 3.05) is 17.7 Å². The lowest BCUT2D eigenvalue weighted by atomic mass is 10.2. The molecule has 8 heteroatoms. The Bertz CT molecular complexity index is 803. The zero-order chi connectivity index (χ0) is 17.1. The highest BCUT2D eigenvalue weighted by Gasteiger charge is 2.29. The molecule has 0 aliphatic carbocycles. The molecule has 1 unspecified atom stereocenters. The molecule has 124 valence electrons. The summed E-state index contributed by atoms with van der Waals surface area (Å²) in [4.78, 5) is 36.9. The minimum Gasteiger partial charge on any atom is -0.465 e. The molecule has 1 atom stereocenters. The van der Waals surface area contributed by atoms with E-state index in [-0.39, 0.29) is 18.2 Å². The number of nitrogens with one attached hydrogen (secondary N) is 2. The predicted octanol–water partition coefficient (Wildman–Crippen LogP) is 2.98. The molecule has 1 aromatic carbocycles. The van der Waals surface area contributed by atoms with Crippen LogP contribution in [0.2, 0.25) is 0 Å². The monoisotopic (exact) mass is 362 g/mol. The number of amides is 2. The van der Waals surface area contributed by atoms with Gasteiger partial charge < -0.3 is 15.4 Å². The zero-order valence-corrected chi connectivity index (χ0v) is 14.3. The van der Waals surface area contributed by atoms with Crippen molar-refractivity contribution in [2.24, 2.45) is 0 Å². The first-order valence-electron chi connectivity index (χ1n) is 7.10. The van der Waals surface area contributed by atoms with Gasteiger partial charge in [0.1, 0.15) is 5.00 Å². The van der Waals surface area contributed by atoms with E-state index in [1.165, 1.54) is 30.2 Å². The van der Waals surface area contributed by atoms with Gasteiger partial charge in [-0.3, -0.25) is 9.59 Å². The van der Waals surface area contributed by atoms with E-state index in [0.29, 0.717) is 10.6 Å². The average molecular weight is 362 g/mol. The highest BCUT2D eigenvalue weighted by atomic mass is 32.2. The number of hydrogen-bond donors (Lipinski definition) is 2. The molecule has 0 bridgehead atoms. The van der Waals surface area contributed by atoms with Crippen LogP contribution in [0.15, 0.2) is 40.6 Å². The van der Waals surface area contributed by atoms with E-state index in [1.54, 1.807) is 11.4 Å². The van der Waals surface area contributed by atoms with Crippen molar-refractivity contribution in [2.45, 2.75) is 16.6 Å². The second kappa shape index (κ2) is 7.06. The van der Waals surface area contributed by atoms with Crippen molar-refractivity contribution in [3.05, 3.63) is 41.3 Å². The predicted molar refractivity (Wildman–Crippen MR) is 93.6 cm³/mol. The molecule has 1 aromatic heterocycles. The van der Waals surface area contributed by atoms with Crippen LogP contribution in [0.4, 0.5) is 10.7 Å². The number of carbonyl (C=O) groups is 3. The van der Waals surface area contributed by atoms with Crippen molar-refractivity contribution < 1.29 is 19.1 Å². The Morgan fingerprint density at radius 2 is 2.08 bits per heavy atom. The van der Waals surface area contributed by atoms with Crippen molar-refractivity contribution in [1.29, 1.82) is 0 Å². The van der Waals surface area contributed by atoms with Crippen molar-refractivity contribution >= 4 is 51.6 Å². The number of fused-ring (bicyclic) bond motifs is 1. The Morgan fingerprint density at radius 3 is 2.88 bits per heavy atom. The Labute approximate surface area is 146 Å². The van der Waals surface area contributed by atoms with Crippen molar-refractivity contribution in [3.63, 3.8) is 0 Å². The molecule has 0 radical (unpaired) electrons. The third-order valence-electron chi connectivity index (χ3n) is 3.40. The summed E-state index contributed by atoms with van der Waals surface area (Å²) in [5.74, 6) is -1.03. The van der Waals surface area contributed by atoms with E-state index in [9.17, 15) is 14.4 Å². The number of para-hydroxylation sites is 1. The number of esters is 1. The molecule has 6 nitrogen and oxygen atoms in total. The minimum absolute atomic E-state index is 0.0172. The van der Waals surface area contributed by atoms with Crippen LogP contribution in [0.25, 0.3) is 0 Å². The molecule has 2 heterocycles. The molecular formula is C16H14N2O4S2. The third-order valence-corrected chi connectivity index (χ3v) is 5.51. The van der Waals surface area contributed by atoms with Gasteiger partial charge in [0.05, 0.1) is 23.6 Å². The molecule has 2 N–H and O–H groups in total. The van der Waals surface area contributed by atoms with Crippen LogP contribution >= 0.6 is 23.1 Å². The normalized spacial score (nSPS) is 16.0. The Hall–Kier alpha value is -2.32. The third kappa shape index (κ3) is 3.44. The first-order valence-corrected chi connectivity index (χ1v) is 8.86. The minimum atomic E-state index is -0.513. The van der Waals surface area contributed by atoms with Gasteiger partial charge in [-0.15, -0.1) is 23.1 Å². The van der Waals surface area contributed by atoms with Gasteiger partial charge in [0, 0.05) is 11.3 Å². The van der Waals surface area contributed by atoms with Gasteiger partial charge in [0.15, 0.2) is 0 Å². The van der Waals surface area contributed by atoms with E-state index in [0.717, 1.165) is 10.6 Å². The number of rotatable bonds is 4. The van der Waals surface area contributed by atoms with Crippen LogP contribution in [0, 0.1) is 0 Å². The lowest BCUT2D eigenvalue weighted by Crippen LogP contribution is -2.32. The molecule has 1 aliphatic rings. The average Bonchev–Trinajstić information content (AvgIpc) is 3.02. The van der Waals surface area contributed by atoms with Crippen LogP contribution < -0.4 is 10.6 Å². The second-order valence-corrected chi connectivity index (χ2v) is 7.16. The molecule has 3 rings (SSSR count). The molecule has 24 heavy (non-hydrogen) atoms. The molecular weight excluding hydrogens is 348 g/mol. The lowest BCUT2D eigenvalue weighted by molar-refractivity contribution is -0.120. The topological polar surface area (TPSA) is 84.5 Å². The number of methoxy groups -OCH3 is 1. The number of benzene rings is 1. The van der Waals surface area contributed by atoms with Gasteiger partial charge in [0.25, 0.3) is 0 Å². The summed E-state index contributed by atoms with van der Waals surface area (Å²) in [7, 11) is 1.28. The van der Waals surface area contributed by atoms with Gasteiger partial charge in [-0.2, -0.15) is 0 Å². The number of thioether (sulfide) groups is 1. The molecule has 0 fully saturated rings. The largest absolute Gasteiger partial charge is 0.465 e. The number of hydrogen-bond acceptors (Lipinski definition) is 6. The van der Waals surface area contributed by atoms with E-state index >= 15 is 0 Å². The molecule has 2 aromatic rings. The second-order valence-electron chi connectivity index (χ2n) is 5.00. The SMILES string of the molecule is COC(=O)c1ccsc1NC(=O)CC1Sc2ccccc2NC1=O. The maximum Gasteiger partial charge on any atom is 0.340 e. The fourth-order valence-electron chi connectivity index (χ4n) is 2.25. The maximum absolute atomic E-state index is 12.2. The van der Waals surface area contributed by atoms with Crippen LogP contribution in [-0.2, 0) is 14.3 Å². The Balaban J connectivity index is 1.67. The summed E-state index contributed by atoms with van der Waals surface area (Å²) in [6, 6.07) is 9.04. The summed E-state index contributed by atoms with van der Waals surface area (Å²) in [5.41, 5.74) is 1.07. The Morgan fingerprint density at radius 1 is 1.29 bits per heavy atom. The smallest absolute Gasteiger partial charge is 0.340 e. The standard InChI is InChI=1S/C16H14N2O4S2/c1-22-16(21)9-6-7-23-15(9)18-13(19)8-12-14(20)17-10-4-2-3-5-11(10)24-12/h2-7,12H,8H2,1H3,(H,17,20)(H,18,19). The van der Waals surface area contributed by atoms with Gasteiger partial charge >= 0.3 is 5.97 Å². The van der Waals surface area contributed by atoms with E-state index < -0.39 is 11.2 Å². The van der Waals surface area contributed by atoms with Gasteiger partial charge in [-0.25, -0.2) is 4.79 Å². The van der Waals surface area contributed by atoms with Crippen LogP contribution in [-0.4, -0.2) is 30.1 Å². The molecule has 1 aliphatic heterocycles. The maximum atomic E-state index is 12.2. The van der Waals surface area contributed by atoms with Gasteiger partial charge in [-0.1, -0.05) is 12.1 Å². The first kappa shape index (κ1) is 16.5. The van der Waals surface area contributed by atoms with Crippen LogP contribution in [0.3, 0.4) is 0 Å². The van der Waals surface area contributed by atoms with Gasteiger partial charge in [0.2, 0.25) is 11.8 Å². The first-order chi connectivity index (χ1) is 11.6. The summed E-state index contributed by atoms with van der Waals surface area (Å²) in [5, 5.41) is 7.09. The van der Waals surface area contributed by atoms with Crippen LogP contribution in [0.1, 0.15) is 16.8 Å². The lowest BCUT2D eigenvalue weighted by Gasteiger charge is -2.23. The highest BCUT2D eigenvalue weighted by molar-refractivity contribution is 8.01. The van der Waals surface area contributed by atoms with Gasteiger partial charge in [-0.05, 0) is 23.6 Å². The zero-order valence-electron chi connectivity index (χ0n) is 12.7. The van der Waals surface area contributed by atoms with E-state index in [2.05, 4.69) is 15.4 Å². The fourth-order valence-corrected chi connectivity index (χ4v) is 4.15. The number of ether oxygens (including phenoxy) is 1. The molecule has 0 saturated heterocycles. The number of carbonyl (C=O) groups excluding carboxylic acids is 3. The van der Waals surface area contributed by atoms with E-state index in [1.807, 2.05) is 24.3 Å². The molecule has 0 spiro atoms. The summed E-state index contributed by atoms with van der Waals surface area (Å²) < 4.78 is 4.67.